The van der Waals surface area contributed by atoms with Crippen LogP contribution in [-0.2, 0) is 0 Å². The molecule has 1 rings (SSSR count). The van der Waals surface area contributed by atoms with E-state index in [1.165, 1.54) is 25.7 Å². The van der Waals surface area contributed by atoms with Gasteiger partial charge in [0.25, 0.3) is 0 Å². The van der Waals surface area contributed by atoms with Crippen LogP contribution in [0, 0.1) is 11.8 Å². The molecule has 0 bridgehead atoms. The molecule has 1 fully saturated rings. The molecule has 1 aliphatic rings. The molecule has 0 spiro atoms. The number of hydrogen-bond donors (Lipinski definition) is 0. The Morgan fingerprint density at radius 2 is 1.55 bits per heavy atom. The zero-order valence-electron chi connectivity index (χ0n) is 7.86. The molecular weight excluding hydrogens is 247 g/mol. The second-order valence-corrected chi connectivity index (χ2v) is 7.30. The van der Waals surface area contributed by atoms with E-state index in [2.05, 4.69) is 43.4 Å². The van der Waals surface area contributed by atoms with E-state index in [-0.39, 0.29) is 0 Å². The molecule has 0 unspecified atom stereocenters. The Kier molecular flexibility index (Phi) is 3.24. The van der Waals surface area contributed by atoms with Gasteiger partial charge < -0.3 is 0 Å². The maximum absolute atomic E-state index is 2.60. The summed E-state index contributed by atoms with van der Waals surface area (Å²) in [5, 5.41) is 0. The van der Waals surface area contributed by atoms with Gasteiger partial charge in [0.05, 0.1) is 0 Å². The molecule has 0 aliphatic heterocycles. The largest absolute Gasteiger partial charge is 0.0792 e. The van der Waals surface area contributed by atoms with Gasteiger partial charge in [-0.25, -0.2) is 0 Å². The van der Waals surface area contributed by atoms with Crippen LogP contribution in [0.5, 0.6) is 0 Å². The van der Waals surface area contributed by atoms with E-state index in [1.807, 2.05) is 0 Å². The maximum atomic E-state index is 2.60. The van der Waals surface area contributed by atoms with Gasteiger partial charge in [0, 0.05) is 3.42 Å². The van der Waals surface area contributed by atoms with Crippen molar-refractivity contribution in [2.75, 3.05) is 0 Å². The highest BCUT2D eigenvalue weighted by atomic mass is 127. The molecule has 66 valence electrons. The van der Waals surface area contributed by atoms with Crippen LogP contribution in [0.15, 0.2) is 0 Å². The Morgan fingerprint density at radius 1 is 1.09 bits per heavy atom. The number of rotatable bonds is 1. The Morgan fingerprint density at radius 3 is 1.91 bits per heavy atom. The molecular formula is C10H19I. The first-order valence-corrected chi connectivity index (χ1v) is 5.77. The third-order valence-electron chi connectivity index (χ3n) is 2.99. The van der Waals surface area contributed by atoms with E-state index in [0.29, 0.717) is 3.42 Å². The Hall–Kier alpha value is 0.730. The first-order valence-electron chi connectivity index (χ1n) is 4.69. The van der Waals surface area contributed by atoms with Gasteiger partial charge in [-0.15, -0.1) is 0 Å². The monoisotopic (exact) mass is 266 g/mol. The van der Waals surface area contributed by atoms with Crippen LogP contribution < -0.4 is 0 Å². The summed E-state index contributed by atoms with van der Waals surface area (Å²) in [7, 11) is 0. The summed E-state index contributed by atoms with van der Waals surface area (Å²) in [6.45, 7) is 7.12. The van der Waals surface area contributed by atoms with Crippen LogP contribution in [-0.4, -0.2) is 3.42 Å². The normalized spacial score (nSPS) is 33.8. The average molecular weight is 266 g/mol. The van der Waals surface area contributed by atoms with Gasteiger partial charge in [-0.05, 0) is 24.7 Å². The molecule has 0 aromatic heterocycles. The highest BCUT2D eigenvalue weighted by Crippen LogP contribution is 2.39. The lowest BCUT2D eigenvalue weighted by atomic mass is 9.78. The van der Waals surface area contributed by atoms with E-state index >= 15 is 0 Å². The second kappa shape index (κ2) is 3.63. The summed E-state index contributed by atoms with van der Waals surface area (Å²) < 4.78 is 0.526. The smallest absolute Gasteiger partial charge is 0.0194 e. The van der Waals surface area contributed by atoms with Crippen molar-refractivity contribution in [3.8, 4) is 0 Å². The van der Waals surface area contributed by atoms with Crippen molar-refractivity contribution in [1.29, 1.82) is 0 Å². The summed E-state index contributed by atoms with van der Waals surface area (Å²) >= 11 is 2.60. The third kappa shape index (κ3) is 2.92. The van der Waals surface area contributed by atoms with Gasteiger partial charge in [-0.2, -0.15) is 0 Å². The van der Waals surface area contributed by atoms with Crippen LogP contribution in [0.2, 0.25) is 0 Å². The molecule has 1 heteroatoms. The van der Waals surface area contributed by atoms with Gasteiger partial charge in [-0.1, -0.05) is 56.2 Å². The van der Waals surface area contributed by atoms with Crippen molar-refractivity contribution in [2.24, 2.45) is 11.8 Å². The van der Waals surface area contributed by atoms with E-state index in [9.17, 15) is 0 Å². The maximum Gasteiger partial charge on any atom is 0.0194 e. The van der Waals surface area contributed by atoms with Crippen molar-refractivity contribution < 1.29 is 0 Å². The van der Waals surface area contributed by atoms with Gasteiger partial charge in [0.2, 0.25) is 0 Å². The van der Waals surface area contributed by atoms with Gasteiger partial charge in [0.1, 0.15) is 0 Å². The lowest BCUT2D eigenvalue weighted by molar-refractivity contribution is 0.260. The quantitative estimate of drug-likeness (QED) is 0.496. The summed E-state index contributed by atoms with van der Waals surface area (Å²) in [6.07, 6.45) is 5.82. The van der Waals surface area contributed by atoms with E-state index in [4.69, 9.17) is 0 Å². The summed E-state index contributed by atoms with van der Waals surface area (Å²) in [6, 6.07) is 0. The number of hydrogen-bond acceptors (Lipinski definition) is 0. The van der Waals surface area contributed by atoms with Crippen molar-refractivity contribution in [2.45, 2.75) is 49.9 Å². The standard InChI is InChI=1S/C10H19I/c1-8-4-6-9(7-5-8)10(2,3)11/h8-9H,4-7H2,1-3H3. The SMILES string of the molecule is CC1CCC(C(C)(C)I)CC1. The zero-order valence-corrected chi connectivity index (χ0v) is 10.0. The molecule has 1 aliphatic carbocycles. The minimum absolute atomic E-state index is 0.526. The molecule has 0 aromatic carbocycles. The molecule has 0 radical (unpaired) electrons. The Bertz CT molecular complexity index is 115. The number of halogens is 1. The van der Waals surface area contributed by atoms with E-state index in [1.54, 1.807) is 0 Å². The van der Waals surface area contributed by atoms with Crippen LogP contribution in [0.25, 0.3) is 0 Å². The molecule has 0 atom stereocenters. The molecule has 0 N–H and O–H groups in total. The van der Waals surface area contributed by atoms with E-state index in [0.717, 1.165) is 11.8 Å². The van der Waals surface area contributed by atoms with Gasteiger partial charge in [0.15, 0.2) is 0 Å². The minimum Gasteiger partial charge on any atom is -0.0792 e. The van der Waals surface area contributed by atoms with Crippen LogP contribution >= 0.6 is 22.6 Å². The summed E-state index contributed by atoms with van der Waals surface area (Å²) in [5.41, 5.74) is 0. The highest BCUT2D eigenvalue weighted by molar-refractivity contribution is 14.1. The minimum atomic E-state index is 0.526. The highest BCUT2D eigenvalue weighted by Gasteiger charge is 2.29. The summed E-state index contributed by atoms with van der Waals surface area (Å²) in [4.78, 5) is 0. The molecule has 1 saturated carbocycles. The van der Waals surface area contributed by atoms with E-state index < -0.39 is 0 Å². The molecule has 0 nitrogen and oxygen atoms in total. The van der Waals surface area contributed by atoms with Crippen LogP contribution in [0.3, 0.4) is 0 Å². The lowest BCUT2D eigenvalue weighted by Crippen LogP contribution is -2.27. The van der Waals surface area contributed by atoms with Crippen LogP contribution in [0.1, 0.15) is 46.5 Å². The Balaban J connectivity index is 2.39. The molecule has 0 amide bonds. The van der Waals surface area contributed by atoms with Crippen molar-refractivity contribution in [3.05, 3.63) is 0 Å². The fourth-order valence-corrected chi connectivity index (χ4v) is 2.57. The van der Waals surface area contributed by atoms with Gasteiger partial charge >= 0.3 is 0 Å². The Labute approximate surface area is 84.3 Å². The second-order valence-electron chi connectivity index (χ2n) is 4.52. The average Bonchev–Trinajstić information content (AvgIpc) is 1.86. The van der Waals surface area contributed by atoms with Crippen LogP contribution in [0.4, 0.5) is 0 Å². The molecule has 11 heavy (non-hydrogen) atoms. The summed E-state index contributed by atoms with van der Waals surface area (Å²) in [5.74, 6) is 1.96. The zero-order chi connectivity index (χ0) is 8.48. The van der Waals surface area contributed by atoms with Crippen molar-refractivity contribution in [1.82, 2.24) is 0 Å². The lowest BCUT2D eigenvalue weighted by Gasteiger charge is -2.34. The third-order valence-corrected chi connectivity index (χ3v) is 3.87. The van der Waals surface area contributed by atoms with Crippen molar-refractivity contribution in [3.63, 3.8) is 0 Å². The fraction of sp³-hybridized carbons (Fsp3) is 1.00. The topological polar surface area (TPSA) is 0 Å². The first-order chi connectivity index (χ1) is 5.00. The molecule has 0 heterocycles. The van der Waals surface area contributed by atoms with Crippen molar-refractivity contribution >= 4 is 22.6 Å². The fourth-order valence-electron chi connectivity index (χ4n) is 1.95. The molecule has 0 saturated heterocycles. The predicted molar refractivity (Wildman–Crippen MR) is 59.2 cm³/mol. The van der Waals surface area contributed by atoms with Gasteiger partial charge in [-0.3, -0.25) is 0 Å². The predicted octanol–water partition coefficient (Wildman–Crippen LogP) is 4.03. The molecule has 0 aromatic rings. The first kappa shape index (κ1) is 9.82. The number of alkyl halides is 1.